The molecule has 0 aliphatic carbocycles. The molecule has 0 bridgehead atoms. The first kappa shape index (κ1) is 28.3. The van der Waals surface area contributed by atoms with Gasteiger partial charge in [-0.1, -0.05) is 35.0 Å². The zero-order valence-electron chi connectivity index (χ0n) is 19.0. The zero-order valence-corrected chi connectivity index (χ0v) is 22.3. The molecular formula is C18H22Cl2N6O9P2. The fourth-order valence-electron chi connectivity index (χ4n) is 3.69. The highest BCUT2D eigenvalue weighted by molar-refractivity contribution is 7.70. The Morgan fingerprint density at radius 3 is 2.59 bits per heavy atom. The van der Waals surface area contributed by atoms with Crippen molar-refractivity contribution in [3.63, 3.8) is 0 Å². The van der Waals surface area contributed by atoms with Gasteiger partial charge in [0.2, 0.25) is 5.28 Å². The second-order valence-corrected chi connectivity index (χ2v) is 12.7. The lowest BCUT2D eigenvalue weighted by atomic mass is 10.1. The molecule has 2 aromatic heterocycles. The number of aromatic nitrogens is 5. The molecule has 0 spiro atoms. The van der Waals surface area contributed by atoms with Crippen LogP contribution in [0.15, 0.2) is 24.3 Å². The van der Waals surface area contributed by atoms with Crippen LogP contribution in [0.3, 0.4) is 0 Å². The number of methoxy groups -OCH3 is 1. The van der Waals surface area contributed by atoms with E-state index in [4.69, 9.17) is 47.0 Å². The van der Waals surface area contributed by atoms with Crippen LogP contribution < -0.4 is 5.32 Å². The summed E-state index contributed by atoms with van der Waals surface area (Å²) in [5, 5.41) is 22.3. The maximum absolute atomic E-state index is 12.0. The minimum atomic E-state index is -4.83. The highest BCUT2D eigenvalue weighted by atomic mass is 35.5. The number of hydrogen-bond donors (Lipinski definition) is 5. The molecule has 15 nitrogen and oxygen atoms in total. The van der Waals surface area contributed by atoms with E-state index in [9.17, 15) is 19.1 Å². The Morgan fingerprint density at radius 1 is 1.19 bits per heavy atom. The first-order chi connectivity index (χ1) is 17.4. The number of halogens is 2. The maximum atomic E-state index is 12.0. The van der Waals surface area contributed by atoms with E-state index in [1.54, 1.807) is 12.1 Å². The lowest BCUT2D eigenvalue weighted by molar-refractivity contribution is -0.0635. The monoisotopic (exact) mass is 598 g/mol. The number of anilines is 1. The minimum absolute atomic E-state index is 0.135. The van der Waals surface area contributed by atoms with Gasteiger partial charge in [-0.05, 0) is 23.2 Å². The van der Waals surface area contributed by atoms with Crippen molar-refractivity contribution in [2.75, 3.05) is 24.9 Å². The van der Waals surface area contributed by atoms with Crippen molar-refractivity contribution < 1.29 is 42.9 Å². The first-order valence-electron chi connectivity index (χ1n) is 10.5. The third-order valence-electron chi connectivity index (χ3n) is 5.33. The normalized spacial score (nSPS) is 23.9. The van der Waals surface area contributed by atoms with Crippen LogP contribution >= 0.6 is 38.4 Å². The summed E-state index contributed by atoms with van der Waals surface area (Å²) in [4.78, 5) is 35.9. The fraction of sp³-hybridized carbons (Fsp3) is 0.444. The van der Waals surface area contributed by atoms with Gasteiger partial charge in [0.25, 0.3) is 0 Å². The van der Waals surface area contributed by atoms with E-state index in [-0.39, 0.29) is 22.3 Å². The third-order valence-corrected chi connectivity index (χ3v) is 9.32. The summed E-state index contributed by atoms with van der Waals surface area (Å²) in [6.45, 7) is -0.373. The number of hydrogen-bond acceptors (Lipinski definition) is 11. The lowest BCUT2D eigenvalue weighted by Crippen LogP contribution is -2.35. The molecule has 1 unspecified atom stereocenters. The van der Waals surface area contributed by atoms with Crippen LogP contribution in [0.1, 0.15) is 11.8 Å². The standard InChI is InChI=1S/C18H22Cl2N6O9P2/c1-33-14-13(27)11(7-34-37(31,32)8-36(28,29)30)35-17(14)26-16-12(24-25-26)15(22-18(20)23-16)21-6-9-4-2-3-5-10(9)19/h2-5,11,13-14,17,27H,6-8H2,1H3,(H,31,32)(H,21,22,23)(H2,28,29,30)/t11-,13-,14-,17-/m1/s1. The van der Waals surface area contributed by atoms with Crippen LogP contribution in [0, 0.1) is 0 Å². The van der Waals surface area contributed by atoms with Crippen molar-refractivity contribution in [3.8, 4) is 0 Å². The summed E-state index contributed by atoms with van der Waals surface area (Å²) in [5.41, 5.74) is 1.16. The second-order valence-electron chi connectivity index (χ2n) is 7.99. The molecule has 4 rings (SSSR count). The first-order valence-corrected chi connectivity index (χ1v) is 14.8. The molecule has 1 aliphatic rings. The van der Waals surface area contributed by atoms with Crippen molar-refractivity contribution in [2.45, 2.75) is 31.1 Å². The van der Waals surface area contributed by atoms with Crippen LogP contribution in [0.2, 0.25) is 10.3 Å². The predicted molar refractivity (Wildman–Crippen MR) is 130 cm³/mol. The number of nitrogens with one attached hydrogen (secondary N) is 1. The number of ether oxygens (including phenoxy) is 2. The maximum Gasteiger partial charge on any atom is 0.340 e. The number of benzene rings is 1. The number of fused-ring (bicyclic) bond motifs is 1. The Kier molecular flexibility index (Phi) is 8.53. The minimum Gasteiger partial charge on any atom is -0.387 e. The second kappa shape index (κ2) is 11.2. The van der Waals surface area contributed by atoms with E-state index in [0.29, 0.717) is 11.6 Å². The lowest BCUT2D eigenvalue weighted by Gasteiger charge is -2.18. The average Bonchev–Trinajstić information content (AvgIpc) is 3.35. The van der Waals surface area contributed by atoms with E-state index in [0.717, 1.165) is 5.56 Å². The summed E-state index contributed by atoms with van der Waals surface area (Å²) >= 11 is 12.3. The van der Waals surface area contributed by atoms with E-state index in [2.05, 4.69) is 25.6 Å². The molecule has 5 N–H and O–H groups in total. The van der Waals surface area contributed by atoms with Crippen LogP contribution in [0.25, 0.3) is 11.2 Å². The quantitative estimate of drug-likeness (QED) is 0.166. The highest BCUT2D eigenvalue weighted by Gasteiger charge is 2.47. The molecule has 19 heteroatoms. The Bertz CT molecular complexity index is 1370. The van der Waals surface area contributed by atoms with Crippen molar-refractivity contribution >= 4 is 55.4 Å². The van der Waals surface area contributed by atoms with Crippen LogP contribution in [-0.2, 0) is 29.7 Å². The van der Waals surface area contributed by atoms with Gasteiger partial charge in [0.15, 0.2) is 29.1 Å². The largest absolute Gasteiger partial charge is 0.387 e. The number of nitrogens with zero attached hydrogens (tertiary/aromatic N) is 5. The summed E-state index contributed by atoms with van der Waals surface area (Å²) in [6.07, 6.45) is -4.77. The predicted octanol–water partition coefficient (Wildman–Crippen LogP) is 1.75. The molecule has 1 aliphatic heterocycles. The van der Waals surface area contributed by atoms with Gasteiger partial charge in [0, 0.05) is 18.7 Å². The smallest absolute Gasteiger partial charge is 0.340 e. The highest BCUT2D eigenvalue weighted by Crippen LogP contribution is 2.55. The van der Waals surface area contributed by atoms with Crippen molar-refractivity contribution in [2.24, 2.45) is 0 Å². The molecule has 0 saturated carbocycles. The van der Waals surface area contributed by atoms with Gasteiger partial charge in [0.1, 0.15) is 18.3 Å². The molecule has 5 atom stereocenters. The van der Waals surface area contributed by atoms with Crippen molar-refractivity contribution in [3.05, 3.63) is 40.1 Å². The molecule has 202 valence electrons. The van der Waals surface area contributed by atoms with E-state index < -0.39 is 52.2 Å². The SMILES string of the molecule is CO[C@@H]1[C@H](O)[C@@H](COP(=O)(O)CP(=O)(O)O)O[C@H]1n1nnc2c(NCc3ccccc3Cl)nc(Cl)nc21. The molecular weight excluding hydrogens is 577 g/mol. The molecule has 0 amide bonds. The third kappa shape index (κ3) is 6.64. The summed E-state index contributed by atoms with van der Waals surface area (Å²) in [7, 11) is -8.20. The molecule has 3 heterocycles. The van der Waals surface area contributed by atoms with Gasteiger partial charge in [-0.15, -0.1) is 5.10 Å². The summed E-state index contributed by atoms with van der Waals surface area (Å²) in [5.74, 6) is -1.13. The Balaban J connectivity index is 1.56. The topological polar surface area (TPSA) is 211 Å². The van der Waals surface area contributed by atoms with Crippen LogP contribution in [-0.4, -0.2) is 82.7 Å². The van der Waals surface area contributed by atoms with E-state index in [1.165, 1.54) is 11.8 Å². The number of aliphatic hydroxyl groups is 1. The van der Waals surface area contributed by atoms with Gasteiger partial charge in [-0.25, -0.2) is 0 Å². The van der Waals surface area contributed by atoms with Crippen molar-refractivity contribution in [1.29, 1.82) is 0 Å². The Labute approximate surface area is 219 Å². The molecule has 1 saturated heterocycles. The zero-order chi connectivity index (χ0) is 27.0. The number of rotatable bonds is 10. The Hall–Kier alpha value is -1.74. The van der Waals surface area contributed by atoms with Crippen LogP contribution in [0.4, 0.5) is 5.82 Å². The van der Waals surface area contributed by atoms with Gasteiger partial charge in [-0.3, -0.25) is 9.13 Å². The van der Waals surface area contributed by atoms with Crippen molar-refractivity contribution in [1.82, 2.24) is 25.0 Å². The van der Waals surface area contributed by atoms with Gasteiger partial charge in [-0.2, -0.15) is 14.6 Å². The molecule has 1 fully saturated rings. The van der Waals surface area contributed by atoms with E-state index in [1.807, 2.05) is 12.1 Å². The van der Waals surface area contributed by atoms with Gasteiger partial charge < -0.3 is 39.1 Å². The fourth-order valence-corrected chi connectivity index (χ4v) is 6.63. The molecule has 1 aromatic carbocycles. The van der Waals surface area contributed by atoms with Gasteiger partial charge in [0.05, 0.1) is 6.61 Å². The average molecular weight is 599 g/mol. The Morgan fingerprint density at radius 2 is 1.92 bits per heavy atom. The summed E-state index contributed by atoms with van der Waals surface area (Å²) in [6, 6.07) is 7.20. The molecule has 3 aromatic rings. The van der Waals surface area contributed by atoms with E-state index >= 15 is 0 Å². The number of aliphatic hydroxyl groups excluding tert-OH is 1. The molecule has 37 heavy (non-hydrogen) atoms. The van der Waals surface area contributed by atoms with Gasteiger partial charge >= 0.3 is 15.2 Å². The summed E-state index contributed by atoms with van der Waals surface area (Å²) < 4.78 is 40.2. The molecule has 0 radical (unpaired) electrons. The van der Waals surface area contributed by atoms with Crippen LogP contribution in [0.5, 0.6) is 0 Å².